The van der Waals surface area contributed by atoms with Gasteiger partial charge in [-0.25, -0.2) is 4.98 Å². The summed E-state index contributed by atoms with van der Waals surface area (Å²) in [5, 5.41) is 6.16. The summed E-state index contributed by atoms with van der Waals surface area (Å²) >= 11 is 0. The number of aryl methyl sites for hydroxylation is 1. The van der Waals surface area contributed by atoms with Gasteiger partial charge in [-0.05, 0) is 41.3 Å². The largest absolute Gasteiger partial charge is 0.380 e. The van der Waals surface area contributed by atoms with Crippen LogP contribution in [0.4, 0.5) is 11.5 Å². The molecule has 2 aliphatic heterocycles. The van der Waals surface area contributed by atoms with Gasteiger partial charge in [-0.1, -0.05) is 63.2 Å². The van der Waals surface area contributed by atoms with Gasteiger partial charge in [0.15, 0.2) is 5.78 Å². The molecule has 5 rings (SSSR count). The predicted octanol–water partition coefficient (Wildman–Crippen LogP) is 5.16. The zero-order valence-corrected chi connectivity index (χ0v) is 20.6. The Morgan fingerprint density at radius 2 is 1.76 bits per heavy atom. The molecule has 0 bridgehead atoms. The molecule has 1 aromatic heterocycles. The lowest BCUT2D eigenvalue weighted by Gasteiger charge is -2.44. The first-order valence-electron chi connectivity index (χ1n) is 12.6. The Bertz CT molecular complexity index is 1150. The van der Waals surface area contributed by atoms with E-state index in [1.807, 2.05) is 6.20 Å². The second-order valence-electron chi connectivity index (χ2n) is 11.0. The lowest BCUT2D eigenvalue weighted by atomic mass is 9.83. The standard InChI is InChI=1S/C29H36N4O/c1-29(2,3)20-26(34)27(25-13-12-22-9-5-7-11-24(22)31-25)32-16-18-33(19-17-32)28-23-10-6-4-8-21(23)14-15-30-28/h4-11,14-15,25,27,31H,12-13,16-20H2,1-3H3. The maximum Gasteiger partial charge on any atom is 0.152 e. The molecule has 2 atom stereocenters. The summed E-state index contributed by atoms with van der Waals surface area (Å²) in [5.74, 6) is 1.42. The van der Waals surface area contributed by atoms with Crippen molar-refractivity contribution in [1.29, 1.82) is 0 Å². The Morgan fingerprint density at radius 3 is 2.56 bits per heavy atom. The molecular weight excluding hydrogens is 420 g/mol. The number of fused-ring (bicyclic) bond motifs is 2. The number of carbonyl (C=O) groups is 1. The highest BCUT2D eigenvalue weighted by Gasteiger charge is 2.38. The number of pyridine rings is 1. The molecule has 0 spiro atoms. The minimum absolute atomic E-state index is 0.0173. The summed E-state index contributed by atoms with van der Waals surface area (Å²) < 4.78 is 0. The minimum atomic E-state index is -0.102. The van der Waals surface area contributed by atoms with E-state index in [0.717, 1.165) is 44.8 Å². The first kappa shape index (κ1) is 22.9. The highest BCUT2D eigenvalue weighted by Crippen LogP contribution is 2.31. The number of Topliss-reactive ketones (excluding diaryl/α,β-unsaturated/α-hetero) is 1. The van der Waals surface area contributed by atoms with Crippen molar-refractivity contribution in [3.63, 3.8) is 0 Å². The first-order valence-corrected chi connectivity index (χ1v) is 12.6. The summed E-state index contributed by atoms with van der Waals surface area (Å²) in [6, 6.07) is 19.1. The van der Waals surface area contributed by atoms with Crippen LogP contribution >= 0.6 is 0 Å². The van der Waals surface area contributed by atoms with Crippen LogP contribution in [-0.2, 0) is 11.2 Å². The normalized spacial score (nSPS) is 20.0. The molecule has 3 aromatic rings. The van der Waals surface area contributed by atoms with Crippen molar-refractivity contribution in [3.8, 4) is 0 Å². The third-order valence-electron chi connectivity index (χ3n) is 7.16. The first-order chi connectivity index (χ1) is 16.4. The number of ketones is 1. The third-order valence-corrected chi connectivity index (χ3v) is 7.16. The van der Waals surface area contributed by atoms with Crippen LogP contribution in [0.3, 0.4) is 0 Å². The van der Waals surface area contributed by atoms with E-state index in [4.69, 9.17) is 4.98 Å². The topological polar surface area (TPSA) is 48.5 Å². The van der Waals surface area contributed by atoms with Crippen molar-refractivity contribution >= 4 is 28.1 Å². The summed E-state index contributed by atoms with van der Waals surface area (Å²) in [6.07, 6.45) is 4.52. The number of hydrogen-bond acceptors (Lipinski definition) is 5. The van der Waals surface area contributed by atoms with Crippen LogP contribution in [0.15, 0.2) is 60.8 Å². The number of nitrogens with one attached hydrogen (secondary N) is 1. The highest BCUT2D eigenvalue weighted by molar-refractivity contribution is 5.92. The number of piperazine rings is 1. The molecule has 1 fully saturated rings. The maximum absolute atomic E-state index is 13.7. The molecule has 1 saturated heterocycles. The molecule has 178 valence electrons. The van der Waals surface area contributed by atoms with Crippen LogP contribution < -0.4 is 10.2 Å². The Kier molecular flexibility index (Phi) is 6.30. The Morgan fingerprint density at radius 1 is 1.03 bits per heavy atom. The lowest BCUT2D eigenvalue weighted by molar-refractivity contribution is -0.126. The summed E-state index contributed by atoms with van der Waals surface area (Å²) in [7, 11) is 0. The van der Waals surface area contributed by atoms with E-state index in [1.54, 1.807) is 0 Å². The molecule has 5 nitrogen and oxygen atoms in total. The fourth-order valence-corrected chi connectivity index (χ4v) is 5.58. The second-order valence-corrected chi connectivity index (χ2v) is 11.0. The molecule has 0 amide bonds. The van der Waals surface area contributed by atoms with Gasteiger partial charge in [-0.15, -0.1) is 0 Å². The van der Waals surface area contributed by atoms with E-state index in [2.05, 4.69) is 90.5 Å². The molecule has 0 aliphatic carbocycles. The molecule has 3 heterocycles. The molecule has 34 heavy (non-hydrogen) atoms. The summed E-state index contributed by atoms with van der Waals surface area (Å²) in [5.41, 5.74) is 2.52. The van der Waals surface area contributed by atoms with Crippen LogP contribution in [0.5, 0.6) is 0 Å². The van der Waals surface area contributed by atoms with Crippen LogP contribution in [0.1, 0.15) is 39.2 Å². The van der Waals surface area contributed by atoms with E-state index in [1.165, 1.54) is 22.0 Å². The Balaban J connectivity index is 1.36. The third kappa shape index (κ3) is 4.80. The van der Waals surface area contributed by atoms with Gasteiger partial charge in [0.2, 0.25) is 0 Å². The van der Waals surface area contributed by atoms with E-state index in [9.17, 15) is 4.79 Å². The Labute approximate surface area is 203 Å². The quantitative estimate of drug-likeness (QED) is 0.575. The summed E-state index contributed by atoms with van der Waals surface area (Å²) in [6.45, 7) is 9.98. The smallest absolute Gasteiger partial charge is 0.152 e. The maximum atomic E-state index is 13.7. The molecule has 2 unspecified atom stereocenters. The molecule has 2 aromatic carbocycles. The van der Waals surface area contributed by atoms with E-state index in [0.29, 0.717) is 12.2 Å². The number of aromatic nitrogens is 1. The number of para-hydroxylation sites is 1. The molecule has 0 saturated carbocycles. The minimum Gasteiger partial charge on any atom is -0.380 e. The highest BCUT2D eigenvalue weighted by atomic mass is 16.1. The zero-order valence-electron chi connectivity index (χ0n) is 20.6. The van der Waals surface area contributed by atoms with Gasteiger partial charge in [-0.2, -0.15) is 0 Å². The van der Waals surface area contributed by atoms with Gasteiger partial charge in [-0.3, -0.25) is 9.69 Å². The van der Waals surface area contributed by atoms with Gasteiger partial charge in [0.1, 0.15) is 5.82 Å². The number of nitrogens with zero attached hydrogens (tertiary/aromatic N) is 3. The van der Waals surface area contributed by atoms with Gasteiger partial charge < -0.3 is 10.2 Å². The van der Waals surface area contributed by atoms with Crippen molar-refractivity contribution in [2.24, 2.45) is 5.41 Å². The molecular formula is C29H36N4O. The average molecular weight is 457 g/mol. The molecule has 0 radical (unpaired) electrons. The van der Waals surface area contributed by atoms with Crippen molar-refractivity contribution in [2.45, 2.75) is 52.1 Å². The Hall–Kier alpha value is -2.92. The average Bonchev–Trinajstić information content (AvgIpc) is 2.83. The van der Waals surface area contributed by atoms with Crippen LogP contribution in [0.2, 0.25) is 0 Å². The zero-order chi connectivity index (χ0) is 23.7. The van der Waals surface area contributed by atoms with Crippen molar-refractivity contribution in [3.05, 3.63) is 66.4 Å². The second kappa shape index (κ2) is 9.38. The number of benzene rings is 2. The fourth-order valence-electron chi connectivity index (χ4n) is 5.58. The van der Waals surface area contributed by atoms with Crippen molar-refractivity contribution < 1.29 is 4.79 Å². The van der Waals surface area contributed by atoms with Gasteiger partial charge in [0, 0.05) is 55.9 Å². The number of anilines is 2. The predicted molar refractivity (Wildman–Crippen MR) is 141 cm³/mol. The van der Waals surface area contributed by atoms with Gasteiger partial charge >= 0.3 is 0 Å². The van der Waals surface area contributed by atoms with Crippen molar-refractivity contribution in [2.75, 3.05) is 36.4 Å². The van der Waals surface area contributed by atoms with E-state index >= 15 is 0 Å². The fraction of sp³-hybridized carbons (Fsp3) is 0.448. The molecule has 1 N–H and O–H groups in total. The molecule has 2 aliphatic rings. The number of rotatable bonds is 5. The van der Waals surface area contributed by atoms with E-state index < -0.39 is 0 Å². The monoisotopic (exact) mass is 456 g/mol. The van der Waals surface area contributed by atoms with Crippen LogP contribution in [-0.4, -0.2) is 53.9 Å². The molecule has 5 heteroatoms. The number of carbonyl (C=O) groups excluding carboxylic acids is 1. The SMILES string of the molecule is CC(C)(C)CC(=O)C(C1CCc2ccccc2N1)N1CCN(c2nccc3ccccc23)CC1. The van der Waals surface area contributed by atoms with E-state index in [-0.39, 0.29) is 17.5 Å². The van der Waals surface area contributed by atoms with Gasteiger partial charge in [0.25, 0.3) is 0 Å². The van der Waals surface area contributed by atoms with Crippen molar-refractivity contribution in [1.82, 2.24) is 9.88 Å². The van der Waals surface area contributed by atoms with Gasteiger partial charge in [0.05, 0.1) is 6.04 Å². The van der Waals surface area contributed by atoms with Crippen LogP contribution in [0, 0.1) is 5.41 Å². The number of hydrogen-bond donors (Lipinski definition) is 1. The van der Waals surface area contributed by atoms with Crippen LogP contribution in [0.25, 0.3) is 10.8 Å². The summed E-state index contributed by atoms with van der Waals surface area (Å²) in [4.78, 5) is 23.2. The lowest BCUT2D eigenvalue weighted by Crippen LogP contribution is -2.59.